The second-order valence-corrected chi connectivity index (χ2v) is 8.32. The van der Waals surface area contributed by atoms with Crippen LogP contribution in [-0.4, -0.2) is 13.7 Å². The van der Waals surface area contributed by atoms with Crippen LogP contribution in [0.2, 0.25) is 0 Å². The van der Waals surface area contributed by atoms with Gasteiger partial charge in [0.05, 0.1) is 17.4 Å². The van der Waals surface area contributed by atoms with Crippen LogP contribution in [0.1, 0.15) is 11.1 Å². The van der Waals surface area contributed by atoms with Crippen LogP contribution in [0.3, 0.4) is 0 Å². The predicted octanol–water partition coefficient (Wildman–Crippen LogP) is 3.06. The molecule has 29 heavy (non-hydrogen) atoms. The maximum atomic E-state index is 13.1. The average Bonchev–Trinajstić information content (AvgIpc) is 2.76. The van der Waals surface area contributed by atoms with Crippen molar-refractivity contribution < 1.29 is 4.55 Å². The Kier molecular flexibility index (Phi) is 5.38. The van der Waals surface area contributed by atoms with Gasteiger partial charge in [0.25, 0.3) is 5.56 Å². The fraction of sp³-hybridized carbons (Fsp3) is 0.130. The first-order valence-corrected chi connectivity index (χ1v) is 10.6. The summed E-state index contributed by atoms with van der Waals surface area (Å²) in [5, 5.41) is 0.391. The minimum absolute atomic E-state index is 0.194. The summed E-state index contributed by atoms with van der Waals surface area (Å²) in [6.07, 6.45) is 0. The molecule has 0 aliphatic heterocycles. The number of rotatable bonds is 5. The number of nitrogens with zero attached hydrogens (tertiary/aromatic N) is 2. The Hall–Kier alpha value is -3.09. The summed E-state index contributed by atoms with van der Waals surface area (Å²) < 4.78 is 15.5. The molecule has 0 amide bonds. The highest BCUT2D eigenvalue weighted by molar-refractivity contribution is 7.90. The fourth-order valence-electron chi connectivity index (χ4n) is 3.35. The van der Waals surface area contributed by atoms with Crippen LogP contribution in [0.5, 0.6) is 0 Å². The zero-order valence-electron chi connectivity index (χ0n) is 15.9. The largest absolute Gasteiger partial charge is 0.611 e. The molecule has 3 aromatic carbocycles. The lowest BCUT2D eigenvalue weighted by molar-refractivity contribution is 0.594. The van der Waals surface area contributed by atoms with Crippen molar-refractivity contribution >= 4 is 22.1 Å². The van der Waals surface area contributed by atoms with E-state index in [0.717, 1.165) is 11.1 Å². The van der Waals surface area contributed by atoms with Gasteiger partial charge in [-0.1, -0.05) is 60.7 Å². The van der Waals surface area contributed by atoms with Gasteiger partial charge in [-0.2, -0.15) is 0 Å². The van der Waals surface area contributed by atoms with Crippen LogP contribution in [0, 0.1) is 0 Å². The highest BCUT2D eigenvalue weighted by Gasteiger charge is 2.17. The molecule has 1 aromatic heterocycles. The van der Waals surface area contributed by atoms with E-state index in [1.807, 2.05) is 60.7 Å². The van der Waals surface area contributed by atoms with Crippen LogP contribution in [0.25, 0.3) is 10.9 Å². The van der Waals surface area contributed by atoms with Gasteiger partial charge < -0.3 is 4.55 Å². The lowest BCUT2D eigenvalue weighted by Crippen LogP contribution is -2.39. The predicted molar refractivity (Wildman–Crippen MR) is 116 cm³/mol. The molecule has 6 heteroatoms. The van der Waals surface area contributed by atoms with Crippen molar-refractivity contribution in [2.24, 2.45) is 7.05 Å². The Bertz CT molecular complexity index is 1260. The molecular weight excluding hydrogens is 384 g/mol. The zero-order chi connectivity index (χ0) is 20.4. The molecule has 0 bridgehead atoms. The topological polar surface area (TPSA) is 67.1 Å². The first kappa shape index (κ1) is 19.2. The van der Waals surface area contributed by atoms with Gasteiger partial charge in [-0.15, -0.1) is 0 Å². The SMILES string of the molecule is Cn1c(=O)n(Cc2ccccc2)c(=O)c2cc([S+]([O-])Cc3ccccc3)ccc21. The molecule has 5 nitrogen and oxygen atoms in total. The molecule has 0 saturated heterocycles. The number of aromatic nitrogens is 2. The van der Waals surface area contributed by atoms with E-state index < -0.39 is 11.2 Å². The molecule has 0 N–H and O–H groups in total. The van der Waals surface area contributed by atoms with Gasteiger partial charge in [-0.3, -0.25) is 13.9 Å². The number of hydrogen-bond donors (Lipinski definition) is 0. The van der Waals surface area contributed by atoms with Crippen molar-refractivity contribution in [3.8, 4) is 0 Å². The maximum absolute atomic E-state index is 13.1. The van der Waals surface area contributed by atoms with Gasteiger partial charge in [0.2, 0.25) is 0 Å². The van der Waals surface area contributed by atoms with E-state index in [-0.39, 0.29) is 17.8 Å². The number of fused-ring (bicyclic) bond motifs is 1. The second-order valence-electron chi connectivity index (χ2n) is 6.87. The van der Waals surface area contributed by atoms with E-state index in [1.54, 1.807) is 25.2 Å². The first-order chi connectivity index (χ1) is 14.0. The Labute approximate surface area is 171 Å². The van der Waals surface area contributed by atoms with Gasteiger partial charge in [-0.05, 0) is 28.9 Å². The molecule has 1 heterocycles. The monoisotopic (exact) mass is 404 g/mol. The Balaban J connectivity index is 1.77. The molecule has 0 saturated carbocycles. The smallest absolute Gasteiger partial charge is 0.331 e. The molecule has 1 unspecified atom stereocenters. The molecule has 4 aromatic rings. The van der Waals surface area contributed by atoms with E-state index in [9.17, 15) is 14.1 Å². The maximum Gasteiger partial charge on any atom is 0.331 e. The lowest BCUT2D eigenvalue weighted by atomic mass is 10.2. The van der Waals surface area contributed by atoms with Crippen molar-refractivity contribution in [3.05, 3.63) is 111 Å². The van der Waals surface area contributed by atoms with Crippen molar-refractivity contribution in [2.45, 2.75) is 17.2 Å². The summed E-state index contributed by atoms with van der Waals surface area (Å²) in [6, 6.07) is 24.0. The summed E-state index contributed by atoms with van der Waals surface area (Å²) in [6.45, 7) is 0.194. The number of aryl methyl sites for hydroxylation is 1. The standard InChI is InChI=1S/C23H20N2O3S/c1-24-21-13-12-19(29(28)16-18-10-6-3-7-11-18)14-20(21)22(26)25(23(24)27)15-17-8-4-2-5-9-17/h2-14H,15-16H2,1H3. The molecular formula is C23H20N2O3S. The van der Waals surface area contributed by atoms with Crippen LogP contribution in [0.4, 0.5) is 0 Å². The summed E-state index contributed by atoms with van der Waals surface area (Å²) in [4.78, 5) is 26.4. The van der Waals surface area contributed by atoms with Crippen LogP contribution < -0.4 is 11.2 Å². The van der Waals surface area contributed by atoms with Gasteiger partial charge in [-0.25, -0.2) is 4.79 Å². The zero-order valence-corrected chi connectivity index (χ0v) is 16.8. The highest BCUT2D eigenvalue weighted by atomic mass is 32.2. The third-order valence-corrected chi connectivity index (χ3v) is 6.28. The fourth-order valence-corrected chi connectivity index (χ4v) is 4.48. The van der Waals surface area contributed by atoms with Crippen LogP contribution in [-0.2, 0) is 30.5 Å². The minimum atomic E-state index is -1.29. The van der Waals surface area contributed by atoms with Crippen molar-refractivity contribution in [3.63, 3.8) is 0 Å². The molecule has 146 valence electrons. The molecule has 1 atom stereocenters. The molecule has 4 rings (SSSR count). The van der Waals surface area contributed by atoms with E-state index in [4.69, 9.17) is 0 Å². The van der Waals surface area contributed by atoms with Crippen molar-refractivity contribution in [1.82, 2.24) is 9.13 Å². The summed E-state index contributed by atoms with van der Waals surface area (Å²) >= 11 is -1.29. The van der Waals surface area contributed by atoms with Crippen molar-refractivity contribution in [2.75, 3.05) is 0 Å². The number of benzene rings is 3. The quantitative estimate of drug-likeness (QED) is 0.480. The van der Waals surface area contributed by atoms with Crippen LogP contribution in [0.15, 0.2) is 93.3 Å². The Morgan fingerprint density at radius 1 is 0.862 bits per heavy atom. The first-order valence-electron chi connectivity index (χ1n) is 9.24. The lowest BCUT2D eigenvalue weighted by Gasteiger charge is -2.14. The number of hydrogen-bond acceptors (Lipinski definition) is 3. The molecule has 0 fully saturated rings. The van der Waals surface area contributed by atoms with E-state index in [0.29, 0.717) is 21.6 Å². The van der Waals surface area contributed by atoms with Crippen LogP contribution >= 0.6 is 0 Å². The normalized spacial score (nSPS) is 12.2. The highest BCUT2D eigenvalue weighted by Crippen LogP contribution is 2.20. The second kappa shape index (κ2) is 8.11. The van der Waals surface area contributed by atoms with Gasteiger partial charge in [0.15, 0.2) is 4.90 Å². The minimum Gasteiger partial charge on any atom is -0.611 e. The third-order valence-electron chi connectivity index (χ3n) is 4.91. The van der Waals surface area contributed by atoms with Gasteiger partial charge >= 0.3 is 5.69 Å². The van der Waals surface area contributed by atoms with Gasteiger partial charge in [0.1, 0.15) is 5.75 Å². The van der Waals surface area contributed by atoms with E-state index in [2.05, 4.69) is 0 Å². The third kappa shape index (κ3) is 3.90. The average molecular weight is 404 g/mol. The molecule has 0 aliphatic rings. The van der Waals surface area contributed by atoms with Crippen molar-refractivity contribution in [1.29, 1.82) is 0 Å². The summed E-state index contributed by atoms with van der Waals surface area (Å²) in [5.74, 6) is 0.371. The molecule has 0 radical (unpaired) electrons. The Morgan fingerprint density at radius 3 is 2.14 bits per heavy atom. The van der Waals surface area contributed by atoms with E-state index >= 15 is 0 Å². The summed E-state index contributed by atoms with van der Waals surface area (Å²) in [5.41, 5.74) is 1.63. The Morgan fingerprint density at radius 2 is 1.48 bits per heavy atom. The molecule has 0 aliphatic carbocycles. The van der Waals surface area contributed by atoms with E-state index in [1.165, 1.54) is 9.13 Å². The summed E-state index contributed by atoms with van der Waals surface area (Å²) in [7, 11) is 1.65. The molecule has 0 spiro atoms. The van der Waals surface area contributed by atoms with Gasteiger partial charge in [0, 0.05) is 18.7 Å².